The number of rotatable bonds is 10. The number of nitrogens with one attached hydrogen (secondary N) is 1. The number of hydrogen-bond acceptors (Lipinski definition) is 9. The van der Waals surface area contributed by atoms with E-state index in [1.807, 2.05) is 25.2 Å². The molecular formula is C27H27F4N7O4. The lowest BCUT2D eigenvalue weighted by atomic mass is 10.1. The summed E-state index contributed by atoms with van der Waals surface area (Å²) in [6, 6.07) is 8.19. The maximum Gasteiger partial charge on any atom is 0.304 e. The second-order valence-corrected chi connectivity index (χ2v) is 9.78. The molecule has 1 fully saturated rings. The van der Waals surface area contributed by atoms with Crippen LogP contribution in [0.2, 0.25) is 0 Å². The molecule has 0 bridgehead atoms. The van der Waals surface area contributed by atoms with Gasteiger partial charge in [0.1, 0.15) is 23.1 Å². The molecule has 2 aromatic carbocycles. The molecule has 0 saturated carbocycles. The molecule has 15 heteroatoms. The van der Waals surface area contributed by atoms with E-state index in [1.54, 1.807) is 21.6 Å². The van der Waals surface area contributed by atoms with Gasteiger partial charge in [0.2, 0.25) is 5.95 Å². The van der Waals surface area contributed by atoms with Crippen LogP contribution in [0.4, 0.5) is 40.6 Å². The van der Waals surface area contributed by atoms with E-state index in [0.29, 0.717) is 44.2 Å². The summed E-state index contributed by atoms with van der Waals surface area (Å²) < 4.78 is 66.4. The van der Waals surface area contributed by atoms with E-state index in [4.69, 9.17) is 9.47 Å². The first kappa shape index (κ1) is 29.0. The number of benzene rings is 2. The highest BCUT2D eigenvalue weighted by Crippen LogP contribution is 2.40. The summed E-state index contributed by atoms with van der Waals surface area (Å²) in [5, 5.41) is 15.6. The van der Waals surface area contributed by atoms with E-state index in [0.717, 1.165) is 23.1 Å². The highest BCUT2D eigenvalue weighted by atomic mass is 19.3. The number of hydrogen-bond donors (Lipinski definition) is 1. The highest BCUT2D eigenvalue weighted by molar-refractivity contribution is 5.85. The van der Waals surface area contributed by atoms with Crippen molar-refractivity contribution in [1.82, 2.24) is 19.4 Å². The van der Waals surface area contributed by atoms with Gasteiger partial charge in [-0.2, -0.15) is 9.37 Å². The van der Waals surface area contributed by atoms with E-state index in [1.165, 1.54) is 18.3 Å². The van der Waals surface area contributed by atoms with Gasteiger partial charge in [-0.3, -0.25) is 10.1 Å². The Kier molecular flexibility index (Phi) is 8.40. The Morgan fingerprint density at radius 2 is 1.93 bits per heavy atom. The van der Waals surface area contributed by atoms with Crippen molar-refractivity contribution in [1.29, 1.82) is 0 Å². The van der Waals surface area contributed by atoms with Crippen molar-refractivity contribution in [3.63, 3.8) is 0 Å². The maximum absolute atomic E-state index is 14.2. The van der Waals surface area contributed by atoms with E-state index < -0.39 is 29.3 Å². The third kappa shape index (κ3) is 6.21. The lowest BCUT2D eigenvalue weighted by Crippen LogP contribution is -2.36. The summed E-state index contributed by atoms with van der Waals surface area (Å²) in [5.41, 5.74) is 0.957. The fourth-order valence-electron chi connectivity index (χ4n) is 4.72. The predicted molar refractivity (Wildman–Crippen MR) is 147 cm³/mol. The molecule has 3 heterocycles. The molecule has 1 aliphatic heterocycles. The molecule has 0 aliphatic carbocycles. The summed E-state index contributed by atoms with van der Waals surface area (Å²) in [5.74, 6) is -0.609. The lowest BCUT2D eigenvalue weighted by molar-refractivity contribution is -0.384. The van der Waals surface area contributed by atoms with Crippen molar-refractivity contribution in [2.24, 2.45) is 0 Å². The van der Waals surface area contributed by atoms with E-state index in [-0.39, 0.29) is 23.0 Å². The Hall–Kier alpha value is -4.50. The van der Waals surface area contributed by atoms with Crippen LogP contribution >= 0.6 is 0 Å². The molecule has 0 amide bonds. The average molecular weight is 590 g/mol. The van der Waals surface area contributed by atoms with Gasteiger partial charge in [0.05, 0.1) is 29.3 Å². The van der Waals surface area contributed by atoms with Crippen LogP contribution in [0, 0.1) is 15.9 Å². The van der Waals surface area contributed by atoms with Crippen molar-refractivity contribution in [2.45, 2.75) is 19.3 Å². The Labute approximate surface area is 237 Å². The van der Waals surface area contributed by atoms with Crippen molar-refractivity contribution in [2.75, 3.05) is 50.6 Å². The first-order valence-corrected chi connectivity index (χ1v) is 12.9. The van der Waals surface area contributed by atoms with Crippen LogP contribution in [0.3, 0.4) is 0 Å². The average Bonchev–Trinajstić information content (AvgIpc) is 3.30. The SMILES string of the molecule is CN(C)Cc1cn(-c2ccnc(Nc3cc([N+](=O)[O-])c(N4CCOCC4)cc3OC(F)C(F)F)n2)c2cc(F)ccc12. The van der Waals surface area contributed by atoms with Gasteiger partial charge in [-0.1, -0.05) is 0 Å². The molecule has 11 nitrogen and oxygen atoms in total. The molecule has 1 unspecified atom stereocenters. The molecule has 4 aromatic rings. The number of fused-ring (bicyclic) bond motifs is 1. The molecule has 222 valence electrons. The molecule has 42 heavy (non-hydrogen) atoms. The van der Waals surface area contributed by atoms with Crippen LogP contribution in [0.15, 0.2) is 48.8 Å². The van der Waals surface area contributed by atoms with Crippen molar-refractivity contribution < 1.29 is 32.0 Å². The smallest absolute Gasteiger partial charge is 0.304 e. The summed E-state index contributed by atoms with van der Waals surface area (Å²) in [4.78, 5) is 23.6. The van der Waals surface area contributed by atoms with Gasteiger partial charge in [0, 0.05) is 49.5 Å². The second-order valence-electron chi connectivity index (χ2n) is 9.78. The number of anilines is 3. The number of morpholine rings is 1. The zero-order valence-corrected chi connectivity index (χ0v) is 22.6. The second kappa shape index (κ2) is 12.2. The van der Waals surface area contributed by atoms with Gasteiger partial charge in [0.25, 0.3) is 12.0 Å². The summed E-state index contributed by atoms with van der Waals surface area (Å²) >= 11 is 0. The maximum atomic E-state index is 14.2. The molecular weight excluding hydrogens is 562 g/mol. The number of nitro groups is 1. The third-order valence-electron chi connectivity index (χ3n) is 6.53. The number of aromatic nitrogens is 3. The Bertz CT molecular complexity index is 1590. The number of ether oxygens (including phenoxy) is 2. The fraction of sp³-hybridized carbons (Fsp3) is 0.333. The standard InChI is InChI=1S/C27H27F4N7O4/c1-35(2)14-16-15-37(20-11-17(28)3-4-18(16)20)24-5-6-32-27(34-24)33-19-12-22(38(39)40)21(36-7-9-41-10-8-36)13-23(19)42-26(31)25(29)30/h3-6,11-13,15,25-26H,7-10,14H2,1-2H3,(H,32,33,34). The summed E-state index contributed by atoms with van der Waals surface area (Å²) in [7, 11) is 3.80. The van der Waals surface area contributed by atoms with Gasteiger partial charge in [0.15, 0.2) is 0 Å². The minimum absolute atomic E-state index is 0.0641. The number of halogens is 4. The van der Waals surface area contributed by atoms with Crippen LogP contribution in [0.25, 0.3) is 16.7 Å². The Morgan fingerprint density at radius 1 is 1.17 bits per heavy atom. The van der Waals surface area contributed by atoms with Crippen molar-refractivity contribution in [3.8, 4) is 11.6 Å². The molecule has 1 saturated heterocycles. The molecule has 1 N–H and O–H groups in total. The van der Waals surface area contributed by atoms with Crippen molar-refractivity contribution in [3.05, 3.63) is 70.3 Å². The van der Waals surface area contributed by atoms with Gasteiger partial charge in [-0.15, -0.1) is 0 Å². The summed E-state index contributed by atoms with van der Waals surface area (Å²) in [6.07, 6.45) is -3.25. The number of nitro benzene ring substituents is 1. The van der Waals surface area contributed by atoms with Crippen LogP contribution in [-0.2, 0) is 11.3 Å². The van der Waals surface area contributed by atoms with Gasteiger partial charge in [-0.05, 0) is 43.9 Å². The lowest BCUT2D eigenvalue weighted by Gasteiger charge is -2.29. The van der Waals surface area contributed by atoms with Gasteiger partial charge >= 0.3 is 6.43 Å². The number of nitrogens with zero attached hydrogens (tertiary/aromatic N) is 6. The molecule has 0 spiro atoms. The first-order valence-electron chi connectivity index (χ1n) is 12.9. The van der Waals surface area contributed by atoms with E-state index in [9.17, 15) is 27.7 Å². The normalized spacial score (nSPS) is 14.5. The predicted octanol–water partition coefficient (Wildman–Crippen LogP) is 5.05. The Balaban J connectivity index is 1.56. The minimum Gasteiger partial charge on any atom is -0.452 e. The van der Waals surface area contributed by atoms with Crippen LogP contribution in [-0.4, -0.2) is 77.5 Å². The zero-order valence-electron chi connectivity index (χ0n) is 22.6. The number of alkyl halides is 3. The van der Waals surface area contributed by atoms with Crippen LogP contribution in [0.5, 0.6) is 5.75 Å². The molecule has 5 rings (SSSR count). The molecule has 1 atom stereocenters. The largest absolute Gasteiger partial charge is 0.452 e. The van der Waals surface area contributed by atoms with E-state index >= 15 is 0 Å². The van der Waals surface area contributed by atoms with E-state index in [2.05, 4.69) is 15.3 Å². The minimum atomic E-state index is -3.46. The molecule has 1 aliphatic rings. The third-order valence-corrected chi connectivity index (χ3v) is 6.53. The Morgan fingerprint density at radius 3 is 2.62 bits per heavy atom. The first-order chi connectivity index (χ1) is 20.1. The van der Waals surface area contributed by atoms with Crippen molar-refractivity contribution >= 4 is 33.9 Å². The molecule has 2 aromatic heterocycles. The van der Waals surface area contributed by atoms with Gasteiger partial charge in [-0.25, -0.2) is 18.2 Å². The highest BCUT2D eigenvalue weighted by Gasteiger charge is 2.28. The van der Waals surface area contributed by atoms with Crippen LogP contribution < -0.4 is 15.0 Å². The topological polar surface area (TPSA) is 111 Å². The molecule has 0 radical (unpaired) electrons. The zero-order chi connectivity index (χ0) is 30.0. The fourth-order valence-corrected chi connectivity index (χ4v) is 4.72. The quantitative estimate of drug-likeness (QED) is 0.154. The van der Waals surface area contributed by atoms with Gasteiger partial charge < -0.3 is 29.2 Å². The monoisotopic (exact) mass is 589 g/mol. The van der Waals surface area contributed by atoms with Crippen LogP contribution in [0.1, 0.15) is 5.56 Å². The summed E-state index contributed by atoms with van der Waals surface area (Å²) in [6.45, 7) is 1.76.